The van der Waals surface area contributed by atoms with Crippen molar-refractivity contribution in [2.45, 2.75) is 110 Å². The van der Waals surface area contributed by atoms with Gasteiger partial charge < -0.3 is 38.8 Å². The summed E-state index contributed by atoms with van der Waals surface area (Å²) in [4.78, 5) is 48.7. The molecule has 3 aliphatic rings. The van der Waals surface area contributed by atoms with Crippen molar-refractivity contribution in [2.24, 2.45) is 0 Å². The van der Waals surface area contributed by atoms with E-state index in [4.69, 9.17) is 9.47 Å². The summed E-state index contributed by atoms with van der Waals surface area (Å²) in [5.74, 6) is 2.70. The van der Waals surface area contributed by atoms with Crippen molar-refractivity contribution in [1.29, 1.82) is 0 Å². The molecular formula is C47H54N6O5. The van der Waals surface area contributed by atoms with Crippen LogP contribution in [0.25, 0.3) is 21.8 Å². The molecule has 302 valence electrons. The molecule has 11 heteroatoms. The molecule has 1 amide bonds. The molecule has 3 N–H and O–H groups in total. The second-order valence-electron chi connectivity index (χ2n) is 16.9. The maximum absolute atomic E-state index is 14.0. The SMILES string of the molecule is Cc1cccc(C)c1Oc1c(C2(c3c(Oc4c(C)cccc4C)n(C4CCCCC4)c4cc(=O)[nH]cc34)CNCCN2C=O)c2c[nH]c(=O)cc2n1C1CCCCC1. The largest absolute Gasteiger partial charge is 0.440 e. The Kier molecular flexibility index (Phi) is 10.0. The van der Waals surface area contributed by atoms with E-state index in [0.717, 1.165) is 137 Å². The quantitative estimate of drug-likeness (QED) is 0.126. The van der Waals surface area contributed by atoms with Gasteiger partial charge in [-0.25, -0.2) is 0 Å². The molecule has 0 unspecified atom stereocenters. The molecule has 11 nitrogen and oxygen atoms in total. The Morgan fingerprint density at radius 3 is 1.50 bits per heavy atom. The fraction of sp³-hybridized carbons (Fsp3) is 0.426. The minimum atomic E-state index is -1.25. The summed E-state index contributed by atoms with van der Waals surface area (Å²) in [6.45, 7) is 9.52. The highest BCUT2D eigenvalue weighted by Crippen LogP contribution is 2.56. The van der Waals surface area contributed by atoms with E-state index in [0.29, 0.717) is 31.4 Å². The molecule has 0 atom stereocenters. The van der Waals surface area contributed by atoms with Gasteiger partial charge in [-0.3, -0.25) is 14.4 Å². The number of H-pyrrole nitrogens is 2. The zero-order valence-electron chi connectivity index (χ0n) is 34.1. The first-order valence-corrected chi connectivity index (χ1v) is 21.2. The van der Waals surface area contributed by atoms with Gasteiger partial charge in [0.15, 0.2) is 0 Å². The number of fused-ring (bicyclic) bond motifs is 2. The summed E-state index contributed by atoms with van der Waals surface area (Å²) in [6.07, 6.45) is 14.9. The molecule has 0 spiro atoms. The molecule has 2 aliphatic carbocycles. The number of aryl methyl sites for hydroxylation is 4. The van der Waals surface area contributed by atoms with Crippen LogP contribution >= 0.6 is 0 Å². The molecule has 0 radical (unpaired) electrons. The summed E-state index contributed by atoms with van der Waals surface area (Å²) in [6, 6.07) is 15.8. The Morgan fingerprint density at radius 1 is 0.655 bits per heavy atom. The van der Waals surface area contributed by atoms with E-state index in [9.17, 15) is 14.4 Å². The zero-order chi connectivity index (χ0) is 40.1. The van der Waals surface area contributed by atoms with Crippen LogP contribution in [0.4, 0.5) is 0 Å². The number of nitrogens with zero attached hydrogens (tertiary/aromatic N) is 3. The van der Waals surface area contributed by atoms with Crippen molar-refractivity contribution in [1.82, 2.24) is 29.3 Å². The lowest BCUT2D eigenvalue weighted by molar-refractivity contribution is -0.124. The Hall–Kier alpha value is -5.55. The number of nitrogens with one attached hydrogen (secondary N) is 3. The predicted octanol–water partition coefficient (Wildman–Crippen LogP) is 9.11. The number of aromatic nitrogens is 4. The highest BCUT2D eigenvalue weighted by Gasteiger charge is 2.52. The van der Waals surface area contributed by atoms with Crippen molar-refractivity contribution in [3.63, 3.8) is 0 Å². The van der Waals surface area contributed by atoms with E-state index in [-0.39, 0.29) is 23.2 Å². The lowest BCUT2D eigenvalue weighted by atomic mass is 9.79. The Balaban J connectivity index is 1.47. The molecule has 6 aromatic rings. The molecule has 2 saturated carbocycles. The van der Waals surface area contributed by atoms with Crippen LogP contribution in [0.1, 0.15) is 110 Å². The Labute approximate surface area is 338 Å². The monoisotopic (exact) mass is 782 g/mol. The van der Waals surface area contributed by atoms with E-state index < -0.39 is 5.54 Å². The van der Waals surface area contributed by atoms with Crippen LogP contribution in [-0.4, -0.2) is 50.0 Å². The summed E-state index contributed by atoms with van der Waals surface area (Å²) in [5, 5.41) is 5.31. The lowest BCUT2D eigenvalue weighted by Gasteiger charge is -2.46. The van der Waals surface area contributed by atoms with Gasteiger partial charge in [-0.15, -0.1) is 0 Å². The second kappa shape index (κ2) is 15.3. The minimum absolute atomic E-state index is 0.0645. The molecule has 0 bridgehead atoms. The Bertz CT molecular complexity index is 2430. The first-order valence-electron chi connectivity index (χ1n) is 21.2. The van der Waals surface area contributed by atoms with Crippen molar-refractivity contribution >= 4 is 28.2 Å². The fourth-order valence-corrected chi connectivity index (χ4v) is 10.4. The lowest BCUT2D eigenvalue weighted by Crippen LogP contribution is -2.59. The number of benzene rings is 2. The number of rotatable bonds is 9. The average Bonchev–Trinajstić information content (AvgIpc) is 3.72. The maximum atomic E-state index is 14.0. The summed E-state index contributed by atoms with van der Waals surface area (Å²) in [7, 11) is 0. The molecule has 3 fully saturated rings. The van der Waals surface area contributed by atoms with E-state index >= 15 is 0 Å². The number of carbonyl (C=O) groups excluding carboxylic acids is 1. The van der Waals surface area contributed by atoms with Crippen LogP contribution in [0.2, 0.25) is 0 Å². The van der Waals surface area contributed by atoms with Gasteiger partial charge in [0.1, 0.15) is 17.0 Å². The van der Waals surface area contributed by atoms with Crippen LogP contribution in [0.5, 0.6) is 23.3 Å². The number of para-hydroxylation sites is 2. The fourth-order valence-electron chi connectivity index (χ4n) is 10.4. The highest BCUT2D eigenvalue weighted by atomic mass is 16.5. The third kappa shape index (κ3) is 6.25. The van der Waals surface area contributed by atoms with E-state index in [2.05, 4.69) is 76.4 Å². The molecule has 2 aromatic carbocycles. The third-order valence-corrected chi connectivity index (χ3v) is 13.2. The number of hydrogen-bond acceptors (Lipinski definition) is 6. The van der Waals surface area contributed by atoms with Gasteiger partial charge in [0.2, 0.25) is 29.3 Å². The van der Waals surface area contributed by atoms with Crippen molar-refractivity contribution in [3.8, 4) is 23.3 Å². The van der Waals surface area contributed by atoms with Gasteiger partial charge in [0, 0.05) is 67.0 Å². The maximum Gasteiger partial charge on any atom is 0.250 e. The number of amides is 1. The zero-order valence-corrected chi connectivity index (χ0v) is 34.1. The van der Waals surface area contributed by atoms with Crippen molar-refractivity contribution in [3.05, 3.63) is 115 Å². The molecule has 9 rings (SSSR count). The van der Waals surface area contributed by atoms with Crippen LogP contribution in [0.3, 0.4) is 0 Å². The van der Waals surface area contributed by atoms with Gasteiger partial charge >= 0.3 is 0 Å². The standard InChI is InChI=1S/C47H54N6O5/c1-29-13-11-14-30(2)43(29)57-45-41(35-25-49-39(55)23-37(35)52(45)33-17-7-5-8-18-33)47(27-48-21-22-51(47)28-54)42-36-26-50-40(56)24-38(36)53(34-19-9-6-10-20-34)46(42)58-44-31(3)15-12-16-32(44)4/h11-16,23-26,28,33-34,48H,5-10,17-22,27H2,1-4H3,(H,49,55)(H,50,56). The number of hydrogen-bond donors (Lipinski definition) is 3. The molecule has 58 heavy (non-hydrogen) atoms. The van der Waals surface area contributed by atoms with Crippen LogP contribution < -0.4 is 25.9 Å². The Morgan fingerprint density at radius 2 is 1.09 bits per heavy atom. The topological polar surface area (TPSA) is 126 Å². The summed E-state index contributed by atoms with van der Waals surface area (Å²) in [5.41, 5.74) is 5.35. The average molecular weight is 783 g/mol. The van der Waals surface area contributed by atoms with Crippen molar-refractivity contribution < 1.29 is 14.3 Å². The van der Waals surface area contributed by atoms with Gasteiger partial charge in [0.05, 0.1) is 22.2 Å². The molecule has 4 aromatic heterocycles. The summed E-state index contributed by atoms with van der Waals surface area (Å²) >= 11 is 0. The molecular weight excluding hydrogens is 729 g/mol. The predicted molar refractivity (Wildman–Crippen MR) is 228 cm³/mol. The minimum Gasteiger partial charge on any atom is -0.440 e. The molecule has 5 heterocycles. The number of aromatic amines is 2. The smallest absolute Gasteiger partial charge is 0.250 e. The van der Waals surface area contributed by atoms with Gasteiger partial charge in [0.25, 0.3) is 0 Å². The van der Waals surface area contributed by atoms with Crippen LogP contribution in [-0.2, 0) is 10.3 Å². The van der Waals surface area contributed by atoms with Crippen molar-refractivity contribution in [2.75, 3.05) is 19.6 Å². The summed E-state index contributed by atoms with van der Waals surface area (Å²) < 4.78 is 19.3. The number of piperazine rings is 1. The van der Waals surface area contributed by atoms with Gasteiger partial charge in [-0.2, -0.15) is 0 Å². The number of pyridine rings is 2. The normalized spacial score (nSPS) is 17.9. The van der Waals surface area contributed by atoms with Crippen LogP contribution in [0.15, 0.2) is 70.5 Å². The second-order valence-corrected chi connectivity index (χ2v) is 16.9. The molecule has 1 aliphatic heterocycles. The first kappa shape index (κ1) is 38.0. The van der Waals surface area contributed by atoms with Crippen LogP contribution in [0, 0.1) is 27.7 Å². The number of ether oxygens (including phenoxy) is 2. The van der Waals surface area contributed by atoms with E-state index in [1.165, 1.54) is 0 Å². The highest BCUT2D eigenvalue weighted by molar-refractivity contribution is 5.94. The number of carbonyl (C=O) groups is 1. The molecule has 1 saturated heterocycles. The first-order chi connectivity index (χ1) is 28.2. The van der Waals surface area contributed by atoms with E-state index in [1.807, 2.05) is 17.0 Å². The third-order valence-electron chi connectivity index (χ3n) is 13.2. The van der Waals surface area contributed by atoms with Gasteiger partial charge in [-0.05, 0) is 75.6 Å². The van der Waals surface area contributed by atoms with E-state index in [1.54, 1.807) is 24.5 Å². The van der Waals surface area contributed by atoms with Gasteiger partial charge in [-0.1, -0.05) is 74.9 Å².